The lowest BCUT2D eigenvalue weighted by atomic mass is 9.90. The second kappa shape index (κ2) is 8.75. The average Bonchev–Trinajstić information content (AvgIpc) is 3.36. The number of alkyl halides is 2. The molecule has 34 heavy (non-hydrogen) atoms. The van der Waals surface area contributed by atoms with Crippen molar-refractivity contribution in [1.82, 2.24) is 0 Å². The van der Waals surface area contributed by atoms with Gasteiger partial charge in [-0.05, 0) is 54.1 Å². The van der Waals surface area contributed by atoms with Crippen LogP contribution in [0.15, 0.2) is 78.9 Å². The van der Waals surface area contributed by atoms with E-state index in [2.05, 4.69) is 4.74 Å². The highest BCUT2D eigenvalue weighted by molar-refractivity contribution is 6.23. The Bertz CT molecular complexity index is 1190. The van der Waals surface area contributed by atoms with Gasteiger partial charge in [0, 0.05) is 0 Å². The smallest absolute Gasteiger partial charge is 0.387 e. The van der Waals surface area contributed by atoms with Gasteiger partial charge in [0.2, 0.25) is 5.91 Å². The maximum absolute atomic E-state index is 13.6. The third kappa shape index (κ3) is 3.73. The van der Waals surface area contributed by atoms with Crippen LogP contribution in [0.3, 0.4) is 0 Å². The number of imide groups is 1. The number of amides is 2. The standard InChI is InChI=1S/C25H20F2N2O5/c1-32-18-13-9-16(10-14-18)28-23(30)20-21(15-7-11-19(12-8-15)33-25(26)27)29(34-22(20)24(28)31)17-5-3-2-4-6-17/h2-14,20-22,25H,1H3/t20-,21+,22-/m0/s1. The zero-order chi connectivity index (χ0) is 23.8. The molecule has 2 heterocycles. The van der Waals surface area contributed by atoms with E-state index in [1.807, 2.05) is 18.2 Å². The number of hydrogen-bond donors (Lipinski definition) is 0. The van der Waals surface area contributed by atoms with Gasteiger partial charge in [0.25, 0.3) is 5.91 Å². The van der Waals surface area contributed by atoms with Crippen molar-refractivity contribution < 1.29 is 32.7 Å². The number of halogens is 2. The fourth-order valence-corrected chi connectivity index (χ4v) is 4.38. The highest BCUT2D eigenvalue weighted by Gasteiger charge is 2.60. The normalized spacial score (nSPS) is 21.8. The summed E-state index contributed by atoms with van der Waals surface area (Å²) < 4.78 is 34.8. The van der Waals surface area contributed by atoms with Gasteiger partial charge in [-0.15, -0.1) is 0 Å². The predicted molar refractivity (Wildman–Crippen MR) is 119 cm³/mol. The van der Waals surface area contributed by atoms with E-state index in [0.29, 0.717) is 22.7 Å². The Balaban J connectivity index is 1.52. The molecular weight excluding hydrogens is 446 g/mol. The number of hydroxylamine groups is 1. The molecule has 2 saturated heterocycles. The Hall–Kier alpha value is -3.98. The molecule has 2 aliphatic heterocycles. The molecule has 7 nitrogen and oxygen atoms in total. The maximum Gasteiger partial charge on any atom is 0.387 e. The van der Waals surface area contributed by atoms with Gasteiger partial charge in [0.05, 0.1) is 24.5 Å². The van der Waals surface area contributed by atoms with Gasteiger partial charge in [-0.2, -0.15) is 8.78 Å². The van der Waals surface area contributed by atoms with Crippen molar-refractivity contribution in [2.45, 2.75) is 18.8 Å². The van der Waals surface area contributed by atoms with Crippen molar-refractivity contribution in [2.24, 2.45) is 5.92 Å². The van der Waals surface area contributed by atoms with Gasteiger partial charge in [-0.1, -0.05) is 30.3 Å². The fourth-order valence-electron chi connectivity index (χ4n) is 4.38. The van der Waals surface area contributed by atoms with Gasteiger partial charge in [0.15, 0.2) is 6.10 Å². The molecule has 2 fully saturated rings. The van der Waals surface area contributed by atoms with Crippen LogP contribution in [0.4, 0.5) is 20.2 Å². The molecule has 9 heteroatoms. The van der Waals surface area contributed by atoms with Crippen LogP contribution in [0.25, 0.3) is 0 Å². The largest absolute Gasteiger partial charge is 0.497 e. The highest BCUT2D eigenvalue weighted by Crippen LogP contribution is 2.47. The third-order valence-electron chi connectivity index (χ3n) is 5.90. The van der Waals surface area contributed by atoms with E-state index in [9.17, 15) is 18.4 Å². The van der Waals surface area contributed by atoms with Crippen molar-refractivity contribution in [3.8, 4) is 11.5 Å². The van der Waals surface area contributed by atoms with Crippen LogP contribution < -0.4 is 19.4 Å². The summed E-state index contributed by atoms with van der Waals surface area (Å²) in [5.74, 6) is -1.12. The first-order chi connectivity index (χ1) is 16.5. The molecule has 0 bridgehead atoms. The molecule has 2 amide bonds. The monoisotopic (exact) mass is 466 g/mol. The van der Waals surface area contributed by atoms with Crippen molar-refractivity contribution in [2.75, 3.05) is 17.1 Å². The number of hydrogen-bond acceptors (Lipinski definition) is 6. The van der Waals surface area contributed by atoms with Gasteiger partial charge in [0.1, 0.15) is 17.4 Å². The number of rotatable bonds is 6. The summed E-state index contributed by atoms with van der Waals surface area (Å²) in [5, 5.41) is 1.54. The van der Waals surface area contributed by atoms with Gasteiger partial charge in [-0.3, -0.25) is 14.4 Å². The summed E-state index contributed by atoms with van der Waals surface area (Å²) in [6.07, 6.45) is -1.03. The first-order valence-corrected chi connectivity index (χ1v) is 10.6. The van der Waals surface area contributed by atoms with Crippen LogP contribution in [0.1, 0.15) is 11.6 Å². The van der Waals surface area contributed by atoms with Gasteiger partial charge >= 0.3 is 6.61 Å². The number of benzene rings is 3. The molecule has 0 aromatic heterocycles. The van der Waals surface area contributed by atoms with Crippen LogP contribution in [0.5, 0.6) is 11.5 Å². The fraction of sp³-hybridized carbons (Fsp3) is 0.200. The summed E-state index contributed by atoms with van der Waals surface area (Å²) in [6, 6.07) is 21.0. The Kier molecular flexibility index (Phi) is 5.62. The molecule has 0 unspecified atom stereocenters. The summed E-state index contributed by atoms with van der Waals surface area (Å²) in [7, 11) is 1.53. The maximum atomic E-state index is 13.6. The second-order valence-electron chi connectivity index (χ2n) is 7.82. The van der Waals surface area contributed by atoms with Crippen LogP contribution in [-0.2, 0) is 14.4 Å². The quantitative estimate of drug-likeness (QED) is 0.504. The SMILES string of the molecule is COc1ccc(N2C(=O)[C@@H]3[C@H](ON(c4ccccc4)[C@@H]3c3ccc(OC(F)F)cc3)C2=O)cc1. The number of nitrogens with zero attached hydrogens (tertiary/aromatic N) is 2. The number of carbonyl (C=O) groups is 2. The predicted octanol–water partition coefficient (Wildman–Crippen LogP) is 4.35. The second-order valence-corrected chi connectivity index (χ2v) is 7.82. The van der Waals surface area contributed by atoms with Gasteiger partial charge in [-0.25, -0.2) is 9.96 Å². The van der Waals surface area contributed by atoms with E-state index in [1.54, 1.807) is 53.6 Å². The van der Waals surface area contributed by atoms with E-state index >= 15 is 0 Å². The Morgan fingerprint density at radius 2 is 1.47 bits per heavy atom. The molecule has 2 aliphatic rings. The number of fused-ring (bicyclic) bond motifs is 1. The summed E-state index contributed by atoms with van der Waals surface area (Å²) in [5.41, 5.74) is 1.70. The van der Waals surface area contributed by atoms with Crippen molar-refractivity contribution >= 4 is 23.2 Å². The topological polar surface area (TPSA) is 68.3 Å². The Morgan fingerprint density at radius 3 is 2.09 bits per heavy atom. The van der Waals surface area contributed by atoms with Crippen molar-refractivity contribution in [3.05, 3.63) is 84.4 Å². The number of anilines is 2. The molecule has 3 aromatic rings. The van der Waals surface area contributed by atoms with Crippen molar-refractivity contribution in [1.29, 1.82) is 0 Å². The van der Waals surface area contributed by atoms with E-state index in [4.69, 9.17) is 9.57 Å². The van der Waals surface area contributed by atoms with E-state index in [0.717, 1.165) is 4.90 Å². The first-order valence-electron chi connectivity index (χ1n) is 10.6. The molecule has 174 valence electrons. The average molecular weight is 466 g/mol. The third-order valence-corrected chi connectivity index (χ3v) is 5.90. The Labute approximate surface area is 194 Å². The van der Waals surface area contributed by atoms with Crippen LogP contribution in [-0.4, -0.2) is 31.6 Å². The number of carbonyl (C=O) groups excluding carboxylic acids is 2. The van der Waals surface area contributed by atoms with E-state index < -0.39 is 36.5 Å². The van der Waals surface area contributed by atoms with Gasteiger partial charge < -0.3 is 9.47 Å². The molecular formula is C25H20F2N2O5. The summed E-state index contributed by atoms with van der Waals surface area (Å²) in [4.78, 5) is 34.1. The first kappa shape index (κ1) is 21.8. The minimum atomic E-state index is -2.95. The van der Waals surface area contributed by atoms with E-state index in [-0.39, 0.29) is 5.75 Å². The number of para-hydroxylation sites is 1. The van der Waals surface area contributed by atoms with Crippen LogP contribution in [0, 0.1) is 5.92 Å². The molecule has 3 aromatic carbocycles. The van der Waals surface area contributed by atoms with Crippen LogP contribution >= 0.6 is 0 Å². The molecule has 0 spiro atoms. The molecule has 0 N–H and O–H groups in total. The van der Waals surface area contributed by atoms with Crippen molar-refractivity contribution in [3.63, 3.8) is 0 Å². The molecule has 3 atom stereocenters. The zero-order valence-corrected chi connectivity index (χ0v) is 18.0. The molecule has 0 saturated carbocycles. The molecule has 5 rings (SSSR count). The van der Waals surface area contributed by atoms with Crippen LogP contribution in [0.2, 0.25) is 0 Å². The summed E-state index contributed by atoms with van der Waals surface area (Å²) in [6.45, 7) is -2.95. The zero-order valence-electron chi connectivity index (χ0n) is 18.0. The lowest BCUT2D eigenvalue weighted by Gasteiger charge is -2.28. The minimum absolute atomic E-state index is 0.00541. The minimum Gasteiger partial charge on any atom is -0.497 e. The molecule has 0 radical (unpaired) electrons. The molecule has 0 aliphatic carbocycles. The number of ether oxygens (including phenoxy) is 2. The Morgan fingerprint density at radius 1 is 0.824 bits per heavy atom. The summed E-state index contributed by atoms with van der Waals surface area (Å²) >= 11 is 0. The lowest BCUT2D eigenvalue weighted by molar-refractivity contribution is -0.126. The number of methoxy groups -OCH3 is 1. The lowest BCUT2D eigenvalue weighted by Crippen LogP contribution is -2.37. The highest BCUT2D eigenvalue weighted by atomic mass is 19.3. The van der Waals surface area contributed by atoms with E-state index in [1.165, 1.54) is 19.2 Å².